The second-order valence-corrected chi connectivity index (χ2v) is 8.30. The summed E-state index contributed by atoms with van der Waals surface area (Å²) in [4.78, 5) is 53.4. The van der Waals surface area contributed by atoms with Gasteiger partial charge in [0.2, 0.25) is 11.8 Å². The molecule has 1 saturated heterocycles. The molecule has 9 heteroatoms. The molecule has 0 aromatic heterocycles. The summed E-state index contributed by atoms with van der Waals surface area (Å²) in [5.74, 6) is -1.70. The Bertz CT molecular complexity index is 1250. The van der Waals surface area contributed by atoms with E-state index in [1.54, 1.807) is 60.7 Å². The number of benzene rings is 3. The van der Waals surface area contributed by atoms with Crippen LogP contribution in [0.1, 0.15) is 22.3 Å². The van der Waals surface area contributed by atoms with E-state index in [1.165, 1.54) is 19.2 Å². The zero-order valence-electron chi connectivity index (χ0n) is 18.8. The van der Waals surface area contributed by atoms with Gasteiger partial charge in [-0.3, -0.25) is 24.6 Å². The lowest BCUT2D eigenvalue weighted by Crippen LogP contribution is -2.55. The first kappa shape index (κ1) is 24.0. The Labute approximate surface area is 207 Å². The maximum atomic E-state index is 13.4. The van der Waals surface area contributed by atoms with Crippen LogP contribution in [0.5, 0.6) is 5.75 Å². The molecule has 0 radical (unpaired) electrons. The van der Waals surface area contributed by atoms with Gasteiger partial charge in [-0.2, -0.15) is 0 Å². The molecule has 0 spiro atoms. The molecular weight excluding hydrogens is 470 g/mol. The molecule has 4 rings (SSSR count). The SMILES string of the molecule is COc1ccc(C(=O)N(NC(=O)Cc2ccccc2)C2CC(=O)N(c3ccc(Cl)cc3)C2=O)cc1. The maximum absolute atomic E-state index is 13.4. The number of imide groups is 1. The van der Waals surface area contributed by atoms with Crippen molar-refractivity contribution in [2.75, 3.05) is 12.0 Å². The average molecular weight is 492 g/mol. The highest BCUT2D eigenvalue weighted by Crippen LogP contribution is 2.27. The fourth-order valence-corrected chi connectivity index (χ4v) is 3.90. The third-order valence-electron chi connectivity index (χ3n) is 5.53. The van der Waals surface area contributed by atoms with Gasteiger partial charge in [-0.25, -0.2) is 9.91 Å². The quantitative estimate of drug-likeness (QED) is 0.421. The first-order valence-electron chi connectivity index (χ1n) is 10.8. The van der Waals surface area contributed by atoms with Crippen LogP contribution >= 0.6 is 11.6 Å². The average Bonchev–Trinajstić information content (AvgIpc) is 3.16. The molecule has 35 heavy (non-hydrogen) atoms. The molecule has 4 amide bonds. The second kappa shape index (κ2) is 10.4. The maximum Gasteiger partial charge on any atom is 0.273 e. The van der Waals surface area contributed by atoms with Crippen molar-refractivity contribution in [3.63, 3.8) is 0 Å². The molecule has 178 valence electrons. The Kier molecular flexibility index (Phi) is 7.12. The van der Waals surface area contributed by atoms with Crippen LogP contribution in [0.3, 0.4) is 0 Å². The van der Waals surface area contributed by atoms with E-state index in [1.807, 2.05) is 6.07 Å². The third kappa shape index (κ3) is 5.33. The molecule has 1 unspecified atom stereocenters. The number of hydrogen-bond donors (Lipinski definition) is 1. The van der Waals surface area contributed by atoms with Gasteiger partial charge in [-0.15, -0.1) is 0 Å². The van der Waals surface area contributed by atoms with Gasteiger partial charge in [-0.1, -0.05) is 41.9 Å². The lowest BCUT2D eigenvalue weighted by molar-refractivity contribution is -0.128. The first-order chi connectivity index (χ1) is 16.9. The van der Waals surface area contributed by atoms with E-state index in [0.717, 1.165) is 15.5 Å². The summed E-state index contributed by atoms with van der Waals surface area (Å²) in [6.45, 7) is 0. The van der Waals surface area contributed by atoms with Crippen molar-refractivity contribution in [2.45, 2.75) is 18.9 Å². The second-order valence-electron chi connectivity index (χ2n) is 7.86. The van der Waals surface area contributed by atoms with Crippen molar-refractivity contribution in [1.82, 2.24) is 10.4 Å². The van der Waals surface area contributed by atoms with E-state index >= 15 is 0 Å². The number of carbonyl (C=O) groups is 4. The fourth-order valence-electron chi connectivity index (χ4n) is 3.78. The monoisotopic (exact) mass is 491 g/mol. The normalized spacial score (nSPS) is 15.1. The van der Waals surface area contributed by atoms with Gasteiger partial charge in [0.1, 0.15) is 11.8 Å². The van der Waals surface area contributed by atoms with Crippen LogP contribution in [0.2, 0.25) is 5.02 Å². The zero-order valence-corrected chi connectivity index (χ0v) is 19.6. The lowest BCUT2D eigenvalue weighted by Gasteiger charge is -2.28. The molecule has 1 atom stereocenters. The van der Waals surface area contributed by atoms with E-state index < -0.39 is 29.7 Å². The number of rotatable bonds is 6. The number of nitrogens with one attached hydrogen (secondary N) is 1. The molecule has 3 aromatic rings. The van der Waals surface area contributed by atoms with Crippen molar-refractivity contribution < 1.29 is 23.9 Å². The number of nitrogens with zero attached hydrogens (tertiary/aromatic N) is 2. The van der Waals surface area contributed by atoms with Crippen LogP contribution in [0, 0.1) is 0 Å². The predicted octanol–water partition coefficient (Wildman–Crippen LogP) is 3.40. The van der Waals surface area contributed by atoms with Crippen molar-refractivity contribution in [1.29, 1.82) is 0 Å². The van der Waals surface area contributed by atoms with Gasteiger partial charge in [0.25, 0.3) is 11.8 Å². The molecular formula is C26H22ClN3O5. The minimum Gasteiger partial charge on any atom is -0.497 e. The van der Waals surface area contributed by atoms with Gasteiger partial charge < -0.3 is 4.74 Å². The summed E-state index contributed by atoms with van der Waals surface area (Å²) >= 11 is 5.93. The largest absolute Gasteiger partial charge is 0.497 e. The molecule has 1 aliphatic heterocycles. The van der Waals surface area contributed by atoms with Gasteiger partial charge in [-0.05, 0) is 54.1 Å². The van der Waals surface area contributed by atoms with Crippen LogP contribution in [-0.2, 0) is 20.8 Å². The molecule has 0 bridgehead atoms. The van der Waals surface area contributed by atoms with E-state index in [4.69, 9.17) is 16.3 Å². The van der Waals surface area contributed by atoms with Crippen LogP contribution < -0.4 is 15.1 Å². The highest BCUT2D eigenvalue weighted by Gasteiger charge is 2.45. The van der Waals surface area contributed by atoms with Crippen molar-refractivity contribution in [2.24, 2.45) is 0 Å². The minimum atomic E-state index is -1.22. The highest BCUT2D eigenvalue weighted by atomic mass is 35.5. The third-order valence-corrected chi connectivity index (χ3v) is 5.78. The lowest BCUT2D eigenvalue weighted by atomic mass is 10.1. The van der Waals surface area contributed by atoms with Crippen LogP contribution in [0.25, 0.3) is 0 Å². The molecule has 1 fully saturated rings. The fraction of sp³-hybridized carbons (Fsp3) is 0.154. The minimum absolute atomic E-state index is 0.0109. The zero-order chi connectivity index (χ0) is 24.9. The Morgan fingerprint density at radius 1 is 1.00 bits per heavy atom. The molecule has 1 N–H and O–H groups in total. The van der Waals surface area contributed by atoms with Crippen LogP contribution in [0.4, 0.5) is 5.69 Å². The number of hydrazine groups is 1. The number of hydrogen-bond acceptors (Lipinski definition) is 5. The summed E-state index contributed by atoms with van der Waals surface area (Å²) in [7, 11) is 1.50. The van der Waals surface area contributed by atoms with E-state index in [0.29, 0.717) is 16.5 Å². The molecule has 8 nitrogen and oxygen atoms in total. The molecule has 1 heterocycles. The van der Waals surface area contributed by atoms with Gasteiger partial charge >= 0.3 is 0 Å². The number of amides is 4. The number of halogens is 1. The van der Waals surface area contributed by atoms with Gasteiger partial charge in [0.15, 0.2) is 0 Å². The Balaban J connectivity index is 1.62. The standard InChI is InChI=1S/C26H22ClN3O5/c1-35-21-13-7-18(8-14-21)25(33)30(28-23(31)15-17-5-3-2-4-6-17)22-16-24(32)29(26(22)34)20-11-9-19(27)10-12-20/h2-14,22H,15-16H2,1H3,(H,28,31). The number of methoxy groups -OCH3 is 1. The summed E-state index contributed by atoms with van der Waals surface area (Å²) < 4.78 is 5.13. The van der Waals surface area contributed by atoms with E-state index in [-0.39, 0.29) is 18.4 Å². The first-order valence-corrected chi connectivity index (χ1v) is 11.2. The molecule has 0 aliphatic carbocycles. The van der Waals surface area contributed by atoms with E-state index in [9.17, 15) is 19.2 Å². The van der Waals surface area contributed by atoms with Crippen molar-refractivity contribution in [3.8, 4) is 5.75 Å². The summed E-state index contributed by atoms with van der Waals surface area (Å²) in [6.07, 6.45) is -0.294. The number of carbonyl (C=O) groups excluding carboxylic acids is 4. The van der Waals surface area contributed by atoms with Crippen molar-refractivity contribution >= 4 is 40.9 Å². The van der Waals surface area contributed by atoms with E-state index in [2.05, 4.69) is 5.43 Å². The number of anilines is 1. The predicted molar refractivity (Wildman–Crippen MR) is 130 cm³/mol. The highest BCUT2D eigenvalue weighted by molar-refractivity contribution is 6.31. The smallest absolute Gasteiger partial charge is 0.273 e. The van der Waals surface area contributed by atoms with Gasteiger partial charge in [0, 0.05) is 10.6 Å². The van der Waals surface area contributed by atoms with Crippen LogP contribution in [-0.4, -0.2) is 41.8 Å². The summed E-state index contributed by atoms with van der Waals surface area (Å²) in [5.41, 5.74) is 3.85. The Hall–Kier alpha value is -4.17. The molecule has 1 aliphatic rings. The topological polar surface area (TPSA) is 96.0 Å². The number of ether oxygens (including phenoxy) is 1. The van der Waals surface area contributed by atoms with Crippen molar-refractivity contribution in [3.05, 3.63) is 95.0 Å². The summed E-state index contributed by atoms with van der Waals surface area (Å²) in [6, 6.07) is 20.2. The Morgan fingerprint density at radius 3 is 2.29 bits per heavy atom. The van der Waals surface area contributed by atoms with Gasteiger partial charge in [0.05, 0.1) is 25.6 Å². The summed E-state index contributed by atoms with van der Waals surface area (Å²) in [5, 5.41) is 1.40. The van der Waals surface area contributed by atoms with Crippen LogP contribution in [0.15, 0.2) is 78.9 Å². The molecule has 0 saturated carbocycles. The Morgan fingerprint density at radius 2 is 1.66 bits per heavy atom. The molecule has 3 aromatic carbocycles.